The van der Waals surface area contributed by atoms with Gasteiger partial charge in [-0.25, -0.2) is 18.4 Å². The van der Waals surface area contributed by atoms with Gasteiger partial charge >= 0.3 is 0 Å². The Labute approximate surface area is 161 Å². The van der Waals surface area contributed by atoms with Gasteiger partial charge in [0, 0.05) is 49.2 Å². The van der Waals surface area contributed by atoms with Gasteiger partial charge in [0.05, 0.1) is 4.90 Å². The fourth-order valence-electron chi connectivity index (χ4n) is 3.07. The Morgan fingerprint density at radius 2 is 1.93 bits per heavy atom. The first kappa shape index (κ1) is 19.9. The molecule has 0 amide bonds. The summed E-state index contributed by atoms with van der Waals surface area (Å²) in [6, 6.07) is 6.92. The maximum absolute atomic E-state index is 12.9. The lowest BCUT2D eigenvalue weighted by Crippen LogP contribution is -2.42. The molecule has 1 aromatic heterocycles. The van der Waals surface area contributed by atoms with Crippen LogP contribution in [0.1, 0.15) is 31.7 Å². The highest BCUT2D eigenvalue weighted by atomic mass is 32.2. The summed E-state index contributed by atoms with van der Waals surface area (Å²) >= 11 is 0. The van der Waals surface area contributed by atoms with Crippen LogP contribution in [0.15, 0.2) is 41.6 Å². The second-order valence-electron chi connectivity index (χ2n) is 6.86. The van der Waals surface area contributed by atoms with Crippen molar-refractivity contribution >= 4 is 10.0 Å². The molecule has 0 atom stereocenters. The predicted molar refractivity (Wildman–Crippen MR) is 105 cm³/mol. The number of rotatable bonds is 7. The fraction of sp³-hybridized carbons (Fsp3) is 0.474. The molecule has 3 N–H and O–H groups in total. The molecule has 1 aliphatic heterocycles. The summed E-state index contributed by atoms with van der Waals surface area (Å²) in [4.78, 5) is 9.07. The standard InChI is InChI=1S/C19H27N5O2S/c1-2-8-21-12-15-13-22-19(23-14-15)16-4-3-5-18(11-16)27(25,26)24-9-6-17(20)7-10-24/h3-5,11,13-14,17,21H,2,6-10,12,20H2,1H3. The highest BCUT2D eigenvalue weighted by Crippen LogP contribution is 2.24. The van der Waals surface area contributed by atoms with Crippen molar-refractivity contribution in [2.24, 2.45) is 5.73 Å². The molecule has 1 aromatic carbocycles. The lowest BCUT2D eigenvalue weighted by molar-refractivity contribution is 0.320. The molecule has 7 nitrogen and oxygen atoms in total. The molecule has 0 spiro atoms. The van der Waals surface area contributed by atoms with Crippen LogP contribution >= 0.6 is 0 Å². The van der Waals surface area contributed by atoms with Crippen LogP contribution in [0.2, 0.25) is 0 Å². The number of sulfonamides is 1. The molecular weight excluding hydrogens is 362 g/mol. The van der Waals surface area contributed by atoms with E-state index in [0.717, 1.165) is 25.1 Å². The third-order valence-electron chi connectivity index (χ3n) is 4.69. The fourth-order valence-corrected chi connectivity index (χ4v) is 4.58. The van der Waals surface area contributed by atoms with E-state index in [2.05, 4.69) is 22.2 Å². The molecule has 0 saturated carbocycles. The Morgan fingerprint density at radius 1 is 1.22 bits per heavy atom. The van der Waals surface area contributed by atoms with Gasteiger partial charge in [-0.15, -0.1) is 0 Å². The quantitative estimate of drug-likeness (QED) is 0.700. The molecule has 2 heterocycles. The smallest absolute Gasteiger partial charge is 0.243 e. The van der Waals surface area contributed by atoms with Gasteiger partial charge in [-0.1, -0.05) is 19.1 Å². The van der Waals surface area contributed by atoms with Crippen LogP contribution in [0, 0.1) is 0 Å². The van der Waals surface area contributed by atoms with Gasteiger partial charge in [-0.3, -0.25) is 0 Å². The van der Waals surface area contributed by atoms with Gasteiger partial charge in [-0.2, -0.15) is 4.31 Å². The Morgan fingerprint density at radius 3 is 2.59 bits per heavy atom. The number of piperidine rings is 1. The van der Waals surface area contributed by atoms with Gasteiger partial charge in [0.15, 0.2) is 5.82 Å². The number of nitrogens with one attached hydrogen (secondary N) is 1. The van der Waals surface area contributed by atoms with E-state index in [0.29, 0.717) is 37.3 Å². The van der Waals surface area contributed by atoms with E-state index in [-0.39, 0.29) is 10.9 Å². The topological polar surface area (TPSA) is 101 Å². The van der Waals surface area contributed by atoms with Crippen LogP contribution < -0.4 is 11.1 Å². The van der Waals surface area contributed by atoms with Crippen molar-refractivity contribution in [2.75, 3.05) is 19.6 Å². The van der Waals surface area contributed by atoms with E-state index < -0.39 is 10.0 Å². The molecule has 2 aromatic rings. The van der Waals surface area contributed by atoms with Crippen LogP contribution in [0.5, 0.6) is 0 Å². The minimum absolute atomic E-state index is 0.0847. The first-order valence-corrected chi connectivity index (χ1v) is 10.8. The van der Waals surface area contributed by atoms with Gasteiger partial charge < -0.3 is 11.1 Å². The first-order chi connectivity index (χ1) is 13.0. The van der Waals surface area contributed by atoms with E-state index in [4.69, 9.17) is 5.73 Å². The summed E-state index contributed by atoms with van der Waals surface area (Å²) in [6.07, 6.45) is 6.00. The van der Waals surface area contributed by atoms with Crippen molar-refractivity contribution in [1.82, 2.24) is 19.6 Å². The number of nitrogens with two attached hydrogens (primary N) is 1. The molecule has 146 valence electrons. The molecular formula is C19H27N5O2S. The Bertz CT molecular complexity index is 847. The maximum Gasteiger partial charge on any atom is 0.243 e. The number of aromatic nitrogens is 2. The SMILES string of the molecule is CCCNCc1cnc(-c2cccc(S(=O)(=O)N3CCC(N)CC3)c2)nc1. The van der Waals surface area contributed by atoms with E-state index >= 15 is 0 Å². The zero-order valence-electron chi connectivity index (χ0n) is 15.6. The third kappa shape index (κ3) is 4.90. The van der Waals surface area contributed by atoms with Crippen molar-refractivity contribution in [1.29, 1.82) is 0 Å². The Balaban J connectivity index is 1.77. The zero-order chi connectivity index (χ0) is 19.3. The molecule has 1 aliphatic rings. The summed E-state index contributed by atoms with van der Waals surface area (Å²) in [6.45, 7) is 4.71. The van der Waals surface area contributed by atoms with Crippen LogP contribution in [0.3, 0.4) is 0 Å². The number of hydrogen-bond acceptors (Lipinski definition) is 6. The molecule has 8 heteroatoms. The zero-order valence-corrected chi connectivity index (χ0v) is 16.5. The van der Waals surface area contributed by atoms with E-state index in [1.165, 1.54) is 4.31 Å². The third-order valence-corrected chi connectivity index (χ3v) is 6.58. The molecule has 0 bridgehead atoms. The van der Waals surface area contributed by atoms with Crippen molar-refractivity contribution in [2.45, 2.75) is 43.7 Å². The van der Waals surface area contributed by atoms with Crippen LogP contribution in [-0.4, -0.2) is 48.4 Å². The monoisotopic (exact) mass is 389 g/mol. The Hall–Kier alpha value is -1.87. The summed E-state index contributed by atoms with van der Waals surface area (Å²) < 4.78 is 27.3. The highest BCUT2D eigenvalue weighted by molar-refractivity contribution is 7.89. The van der Waals surface area contributed by atoms with Crippen LogP contribution in [0.25, 0.3) is 11.4 Å². The molecule has 3 rings (SSSR count). The minimum atomic E-state index is -3.53. The van der Waals surface area contributed by atoms with Crippen LogP contribution in [0.4, 0.5) is 0 Å². The van der Waals surface area contributed by atoms with E-state index in [1.54, 1.807) is 30.6 Å². The van der Waals surface area contributed by atoms with Gasteiger partial charge in [0.2, 0.25) is 10.0 Å². The summed E-state index contributed by atoms with van der Waals surface area (Å²) in [5.74, 6) is 0.520. The largest absolute Gasteiger partial charge is 0.328 e. The summed E-state index contributed by atoms with van der Waals surface area (Å²) in [7, 11) is -3.53. The maximum atomic E-state index is 12.9. The van der Waals surface area contributed by atoms with Crippen molar-refractivity contribution in [3.05, 3.63) is 42.2 Å². The van der Waals surface area contributed by atoms with E-state index in [9.17, 15) is 8.42 Å². The van der Waals surface area contributed by atoms with Gasteiger partial charge in [0.1, 0.15) is 0 Å². The predicted octanol–water partition coefficient (Wildman–Crippen LogP) is 1.75. The highest BCUT2D eigenvalue weighted by Gasteiger charge is 2.28. The van der Waals surface area contributed by atoms with Crippen molar-refractivity contribution in [3.63, 3.8) is 0 Å². The Kier molecular flexibility index (Phi) is 6.54. The van der Waals surface area contributed by atoms with Gasteiger partial charge in [-0.05, 0) is 37.9 Å². The van der Waals surface area contributed by atoms with Gasteiger partial charge in [0.25, 0.3) is 0 Å². The lowest BCUT2D eigenvalue weighted by Gasteiger charge is -2.29. The van der Waals surface area contributed by atoms with Crippen LogP contribution in [-0.2, 0) is 16.6 Å². The summed E-state index contributed by atoms with van der Waals surface area (Å²) in [5.41, 5.74) is 7.58. The first-order valence-electron chi connectivity index (χ1n) is 9.38. The average Bonchev–Trinajstić information content (AvgIpc) is 2.69. The molecule has 0 aliphatic carbocycles. The van der Waals surface area contributed by atoms with Crippen molar-refractivity contribution < 1.29 is 8.42 Å². The lowest BCUT2D eigenvalue weighted by atomic mass is 10.1. The van der Waals surface area contributed by atoms with E-state index in [1.807, 2.05) is 6.07 Å². The minimum Gasteiger partial charge on any atom is -0.328 e. The normalized spacial score (nSPS) is 16.5. The molecule has 0 radical (unpaired) electrons. The second-order valence-corrected chi connectivity index (χ2v) is 8.80. The average molecular weight is 390 g/mol. The number of benzene rings is 1. The second kappa shape index (κ2) is 8.88. The summed E-state index contributed by atoms with van der Waals surface area (Å²) in [5, 5.41) is 3.31. The van der Waals surface area contributed by atoms with Crippen molar-refractivity contribution in [3.8, 4) is 11.4 Å². The molecule has 1 saturated heterocycles. The molecule has 1 fully saturated rings. The molecule has 0 unspecified atom stereocenters. The number of nitrogens with zero attached hydrogens (tertiary/aromatic N) is 3. The molecule has 27 heavy (non-hydrogen) atoms. The number of hydrogen-bond donors (Lipinski definition) is 2.